The molecule has 0 aromatic rings. The van der Waals surface area contributed by atoms with Crippen molar-refractivity contribution in [3.05, 3.63) is 0 Å². The van der Waals surface area contributed by atoms with E-state index in [2.05, 4.69) is 0 Å². The molecular formula is C8H15F3N2O2S. The second kappa shape index (κ2) is 4.50. The number of rotatable bonds is 1. The quantitative estimate of drug-likeness (QED) is 0.748. The fourth-order valence-corrected chi connectivity index (χ4v) is 2.72. The summed E-state index contributed by atoms with van der Waals surface area (Å²) in [5, 5.41) is 0. The zero-order valence-corrected chi connectivity index (χ0v) is 9.68. The zero-order valence-electron chi connectivity index (χ0n) is 8.87. The van der Waals surface area contributed by atoms with Gasteiger partial charge in [-0.05, 0) is 12.8 Å². The average molecular weight is 260 g/mol. The molecule has 0 aliphatic carbocycles. The standard InChI is InChI=1S/C8H15F3N2O2S/c1-16(14,15)13-4-2-6(8(9,10)11)7(12)3-5-13/h6-7H,2-5,12H2,1H3. The Bertz CT molecular complexity index is 342. The van der Waals surface area contributed by atoms with Crippen LogP contribution in [0.5, 0.6) is 0 Å². The number of alkyl halides is 3. The maximum Gasteiger partial charge on any atom is 0.393 e. The van der Waals surface area contributed by atoms with Gasteiger partial charge in [0.05, 0.1) is 12.2 Å². The molecule has 1 saturated heterocycles. The third-order valence-corrected chi connectivity index (χ3v) is 4.11. The third-order valence-electron chi connectivity index (χ3n) is 2.81. The highest BCUT2D eigenvalue weighted by Gasteiger charge is 2.44. The lowest BCUT2D eigenvalue weighted by molar-refractivity contribution is -0.180. The van der Waals surface area contributed by atoms with Crippen LogP contribution in [0.2, 0.25) is 0 Å². The molecule has 1 aliphatic heterocycles. The lowest BCUT2D eigenvalue weighted by Crippen LogP contribution is -2.39. The van der Waals surface area contributed by atoms with Gasteiger partial charge in [0.25, 0.3) is 0 Å². The Hall–Kier alpha value is -0.340. The van der Waals surface area contributed by atoms with Crippen LogP contribution in [0.15, 0.2) is 0 Å². The minimum Gasteiger partial charge on any atom is -0.327 e. The highest BCUT2D eigenvalue weighted by Crippen LogP contribution is 2.33. The Morgan fingerprint density at radius 2 is 1.75 bits per heavy atom. The summed E-state index contributed by atoms with van der Waals surface area (Å²) in [7, 11) is -3.43. The molecule has 1 aliphatic rings. The largest absolute Gasteiger partial charge is 0.393 e. The summed E-state index contributed by atoms with van der Waals surface area (Å²) in [5.41, 5.74) is 5.43. The molecule has 4 nitrogen and oxygen atoms in total. The van der Waals surface area contributed by atoms with Crippen LogP contribution in [0.4, 0.5) is 13.2 Å². The molecule has 0 radical (unpaired) electrons. The van der Waals surface area contributed by atoms with Crippen LogP contribution in [0.3, 0.4) is 0 Å². The van der Waals surface area contributed by atoms with Crippen molar-refractivity contribution >= 4 is 10.0 Å². The van der Waals surface area contributed by atoms with E-state index >= 15 is 0 Å². The summed E-state index contributed by atoms with van der Waals surface area (Å²) in [6.45, 7) is -0.0523. The SMILES string of the molecule is CS(=O)(=O)N1CCC(N)C(C(F)(F)F)CC1. The first kappa shape index (κ1) is 13.7. The molecule has 96 valence electrons. The van der Waals surface area contributed by atoms with Gasteiger partial charge in [-0.3, -0.25) is 0 Å². The number of hydrogen-bond acceptors (Lipinski definition) is 3. The molecule has 0 spiro atoms. The zero-order chi connectivity index (χ0) is 12.6. The summed E-state index contributed by atoms with van der Waals surface area (Å²) < 4.78 is 61.1. The van der Waals surface area contributed by atoms with Gasteiger partial charge in [0, 0.05) is 19.1 Å². The first-order valence-corrected chi connectivity index (χ1v) is 6.74. The first-order chi connectivity index (χ1) is 7.12. The third kappa shape index (κ3) is 3.33. The van der Waals surface area contributed by atoms with Gasteiger partial charge in [0.1, 0.15) is 0 Å². The van der Waals surface area contributed by atoms with Crippen molar-refractivity contribution in [2.45, 2.75) is 25.1 Å². The Labute approximate surface area is 92.6 Å². The van der Waals surface area contributed by atoms with Crippen molar-refractivity contribution in [2.24, 2.45) is 11.7 Å². The van der Waals surface area contributed by atoms with Gasteiger partial charge in [0.2, 0.25) is 10.0 Å². The van der Waals surface area contributed by atoms with Crippen molar-refractivity contribution in [3.8, 4) is 0 Å². The maximum atomic E-state index is 12.5. The lowest BCUT2D eigenvalue weighted by Gasteiger charge is -2.23. The monoisotopic (exact) mass is 260 g/mol. The van der Waals surface area contributed by atoms with E-state index in [1.807, 2.05) is 0 Å². The Balaban J connectivity index is 2.78. The maximum absolute atomic E-state index is 12.5. The fraction of sp³-hybridized carbons (Fsp3) is 1.00. The van der Waals surface area contributed by atoms with Crippen LogP contribution in [-0.4, -0.2) is 44.3 Å². The molecule has 0 bridgehead atoms. The van der Waals surface area contributed by atoms with E-state index < -0.39 is 28.2 Å². The smallest absolute Gasteiger partial charge is 0.327 e. The number of nitrogens with two attached hydrogens (primary N) is 1. The second-order valence-electron chi connectivity index (χ2n) is 4.05. The van der Waals surface area contributed by atoms with E-state index in [-0.39, 0.29) is 25.9 Å². The van der Waals surface area contributed by atoms with Gasteiger partial charge >= 0.3 is 6.18 Å². The van der Waals surface area contributed by atoms with Crippen molar-refractivity contribution in [3.63, 3.8) is 0 Å². The lowest BCUT2D eigenvalue weighted by atomic mass is 9.95. The van der Waals surface area contributed by atoms with E-state index in [0.29, 0.717) is 0 Å². The first-order valence-electron chi connectivity index (χ1n) is 4.90. The summed E-state index contributed by atoms with van der Waals surface area (Å²) in [6, 6.07) is -1.02. The second-order valence-corrected chi connectivity index (χ2v) is 6.03. The normalized spacial score (nSPS) is 30.1. The van der Waals surface area contributed by atoms with Gasteiger partial charge in [-0.2, -0.15) is 13.2 Å². The van der Waals surface area contributed by atoms with Gasteiger partial charge in [-0.25, -0.2) is 12.7 Å². The van der Waals surface area contributed by atoms with Crippen LogP contribution < -0.4 is 5.73 Å². The summed E-state index contributed by atoms with van der Waals surface area (Å²) in [5.74, 6) is -1.61. The average Bonchev–Trinajstić information content (AvgIpc) is 2.23. The Morgan fingerprint density at radius 3 is 2.19 bits per heavy atom. The van der Waals surface area contributed by atoms with Gasteiger partial charge in [-0.15, -0.1) is 0 Å². The molecule has 1 fully saturated rings. The Kier molecular flexibility index (Phi) is 3.86. The van der Waals surface area contributed by atoms with Crippen molar-refractivity contribution in [1.29, 1.82) is 0 Å². The molecule has 2 unspecified atom stereocenters. The highest BCUT2D eigenvalue weighted by molar-refractivity contribution is 7.88. The van der Waals surface area contributed by atoms with Crippen molar-refractivity contribution < 1.29 is 21.6 Å². The predicted molar refractivity (Wildman–Crippen MR) is 53.2 cm³/mol. The summed E-state index contributed by atoms with van der Waals surface area (Å²) in [6.07, 6.45) is -3.59. The molecule has 2 atom stereocenters. The number of hydrogen-bond donors (Lipinski definition) is 1. The van der Waals surface area contributed by atoms with E-state index in [9.17, 15) is 21.6 Å². The molecular weight excluding hydrogens is 245 g/mol. The van der Waals surface area contributed by atoms with Gasteiger partial charge in [-0.1, -0.05) is 0 Å². The summed E-state index contributed by atoms with van der Waals surface area (Å²) >= 11 is 0. The highest BCUT2D eigenvalue weighted by atomic mass is 32.2. The van der Waals surface area contributed by atoms with Crippen LogP contribution in [0, 0.1) is 5.92 Å². The number of nitrogens with zero attached hydrogens (tertiary/aromatic N) is 1. The van der Waals surface area contributed by atoms with Crippen molar-refractivity contribution in [2.75, 3.05) is 19.3 Å². The topological polar surface area (TPSA) is 63.4 Å². The van der Waals surface area contributed by atoms with Crippen LogP contribution in [-0.2, 0) is 10.0 Å². The molecule has 2 N–H and O–H groups in total. The van der Waals surface area contributed by atoms with Crippen molar-refractivity contribution in [1.82, 2.24) is 4.31 Å². The molecule has 1 heterocycles. The van der Waals surface area contributed by atoms with Gasteiger partial charge in [0.15, 0.2) is 0 Å². The minimum atomic E-state index is -4.35. The molecule has 0 amide bonds. The van der Waals surface area contributed by atoms with Crippen LogP contribution >= 0.6 is 0 Å². The minimum absolute atomic E-state index is 0.0389. The molecule has 0 aromatic heterocycles. The number of sulfonamides is 1. The molecule has 0 saturated carbocycles. The van der Waals surface area contributed by atoms with E-state index in [4.69, 9.17) is 5.73 Å². The van der Waals surface area contributed by atoms with Crippen LogP contribution in [0.1, 0.15) is 12.8 Å². The fourth-order valence-electron chi connectivity index (χ4n) is 1.84. The summed E-state index contributed by atoms with van der Waals surface area (Å²) in [4.78, 5) is 0. The Morgan fingerprint density at radius 1 is 1.25 bits per heavy atom. The van der Waals surface area contributed by atoms with Gasteiger partial charge < -0.3 is 5.73 Å². The molecule has 8 heteroatoms. The molecule has 16 heavy (non-hydrogen) atoms. The van der Waals surface area contributed by atoms with E-state index in [0.717, 1.165) is 10.6 Å². The molecule has 0 aromatic carbocycles. The van der Waals surface area contributed by atoms with E-state index in [1.54, 1.807) is 0 Å². The van der Waals surface area contributed by atoms with Crippen LogP contribution in [0.25, 0.3) is 0 Å². The molecule has 1 rings (SSSR count). The predicted octanol–water partition coefficient (Wildman–Crippen LogP) is 0.548. The number of halogens is 3. The van der Waals surface area contributed by atoms with E-state index in [1.165, 1.54) is 0 Å².